The Hall–Kier alpha value is -1.46. The molecule has 0 atom stereocenters. The molecule has 0 spiro atoms. The second kappa shape index (κ2) is 7.97. The molecule has 5 heteroatoms. The van der Waals surface area contributed by atoms with Gasteiger partial charge in [-0.3, -0.25) is 4.79 Å². The van der Waals surface area contributed by atoms with Crippen LogP contribution in [0.3, 0.4) is 0 Å². The van der Waals surface area contributed by atoms with Gasteiger partial charge in [-0.05, 0) is 29.7 Å². The average Bonchev–Trinajstić information content (AvgIpc) is 2.86. The lowest BCUT2D eigenvalue weighted by atomic mass is 10.2. The predicted molar refractivity (Wildman–Crippen MR) is 84.0 cm³/mol. The first-order chi connectivity index (χ1) is 9.81. The largest absolute Gasteiger partial charge is 0.396 e. The smallest absolute Gasteiger partial charge is 0.239 e. The lowest BCUT2D eigenvalue weighted by molar-refractivity contribution is -0.121. The fourth-order valence-corrected chi connectivity index (χ4v) is 2.80. The number of nitrogens with one attached hydrogen (secondary N) is 1. The number of aliphatic hydroxyl groups excluding tert-OH is 1. The number of amides is 1. The average molecular weight is 292 g/mol. The Bertz CT molecular complexity index is 554. The van der Waals surface area contributed by atoms with Gasteiger partial charge in [0.2, 0.25) is 5.91 Å². The molecule has 0 saturated heterocycles. The number of thioether (sulfide) groups is 1. The van der Waals surface area contributed by atoms with Gasteiger partial charge in [-0.1, -0.05) is 18.2 Å². The number of hydrogen-bond acceptors (Lipinski definition) is 3. The number of benzene rings is 1. The molecule has 0 aliphatic carbocycles. The van der Waals surface area contributed by atoms with Gasteiger partial charge in [0.1, 0.15) is 6.54 Å². The molecule has 0 bridgehead atoms. The van der Waals surface area contributed by atoms with Gasteiger partial charge in [-0.25, -0.2) is 0 Å². The van der Waals surface area contributed by atoms with Crippen molar-refractivity contribution in [1.82, 2.24) is 9.88 Å². The van der Waals surface area contributed by atoms with Crippen molar-refractivity contribution in [3.8, 4) is 0 Å². The van der Waals surface area contributed by atoms with E-state index >= 15 is 0 Å². The fourth-order valence-electron chi connectivity index (χ4n) is 2.02. The highest BCUT2D eigenvalue weighted by molar-refractivity contribution is 7.99. The van der Waals surface area contributed by atoms with E-state index in [1.807, 2.05) is 41.1 Å². The highest BCUT2D eigenvalue weighted by atomic mass is 32.2. The molecule has 20 heavy (non-hydrogen) atoms. The van der Waals surface area contributed by atoms with Crippen LogP contribution in [0, 0.1) is 0 Å². The molecule has 0 radical (unpaired) electrons. The van der Waals surface area contributed by atoms with Crippen LogP contribution in [-0.2, 0) is 11.3 Å². The topological polar surface area (TPSA) is 54.3 Å². The van der Waals surface area contributed by atoms with Crippen LogP contribution < -0.4 is 5.32 Å². The molecule has 108 valence electrons. The van der Waals surface area contributed by atoms with E-state index < -0.39 is 0 Å². The van der Waals surface area contributed by atoms with Crippen molar-refractivity contribution in [2.24, 2.45) is 0 Å². The van der Waals surface area contributed by atoms with E-state index in [1.165, 1.54) is 0 Å². The number of hydrogen-bond donors (Lipinski definition) is 2. The van der Waals surface area contributed by atoms with Crippen LogP contribution in [0.15, 0.2) is 36.5 Å². The van der Waals surface area contributed by atoms with E-state index in [2.05, 4.69) is 5.32 Å². The quantitative estimate of drug-likeness (QED) is 0.730. The van der Waals surface area contributed by atoms with E-state index in [0.717, 1.165) is 28.8 Å². The molecule has 1 heterocycles. The van der Waals surface area contributed by atoms with Gasteiger partial charge < -0.3 is 15.0 Å². The minimum Gasteiger partial charge on any atom is -0.396 e. The summed E-state index contributed by atoms with van der Waals surface area (Å²) in [6.07, 6.45) is 2.76. The number of aliphatic hydroxyl groups is 1. The summed E-state index contributed by atoms with van der Waals surface area (Å²) in [7, 11) is 0. The van der Waals surface area contributed by atoms with E-state index in [0.29, 0.717) is 13.1 Å². The maximum Gasteiger partial charge on any atom is 0.239 e. The van der Waals surface area contributed by atoms with Gasteiger partial charge in [-0.15, -0.1) is 0 Å². The summed E-state index contributed by atoms with van der Waals surface area (Å²) in [5.74, 6) is 1.86. The first kappa shape index (κ1) is 14.9. The second-order valence-corrected chi connectivity index (χ2v) is 5.77. The van der Waals surface area contributed by atoms with E-state index in [9.17, 15) is 4.79 Å². The summed E-state index contributed by atoms with van der Waals surface area (Å²) in [4.78, 5) is 11.9. The van der Waals surface area contributed by atoms with Crippen LogP contribution in [0.1, 0.15) is 6.42 Å². The molecule has 2 aromatic rings. The third-order valence-corrected chi connectivity index (χ3v) is 4.08. The van der Waals surface area contributed by atoms with Crippen molar-refractivity contribution in [3.05, 3.63) is 36.5 Å². The molecule has 0 unspecified atom stereocenters. The first-order valence-corrected chi connectivity index (χ1v) is 7.96. The third kappa shape index (κ3) is 4.28. The Balaban J connectivity index is 1.74. The number of fused-ring (bicyclic) bond motifs is 1. The first-order valence-electron chi connectivity index (χ1n) is 6.80. The Morgan fingerprint density at radius 1 is 1.25 bits per heavy atom. The highest BCUT2D eigenvalue weighted by Crippen LogP contribution is 2.14. The number of carbonyl (C=O) groups is 1. The maximum atomic E-state index is 11.9. The van der Waals surface area contributed by atoms with E-state index in [4.69, 9.17) is 5.11 Å². The lowest BCUT2D eigenvalue weighted by Crippen LogP contribution is -2.29. The van der Waals surface area contributed by atoms with Crippen molar-refractivity contribution < 1.29 is 9.90 Å². The molecule has 0 fully saturated rings. The van der Waals surface area contributed by atoms with E-state index in [-0.39, 0.29) is 12.5 Å². The summed E-state index contributed by atoms with van der Waals surface area (Å²) >= 11 is 1.75. The van der Waals surface area contributed by atoms with Crippen LogP contribution in [0.2, 0.25) is 0 Å². The lowest BCUT2D eigenvalue weighted by Gasteiger charge is -2.07. The zero-order chi connectivity index (χ0) is 14.2. The Labute approximate surface area is 123 Å². The van der Waals surface area contributed by atoms with Crippen molar-refractivity contribution in [2.75, 3.05) is 24.7 Å². The molecule has 1 amide bonds. The number of rotatable bonds is 8. The minimum atomic E-state index is 0.0362. The molecule has 2 N–H and O–H groups in total. The SMILES string of the molecule is O=C(Cn1ccc2ccccc21)NCCSCCCO. The van der Waals surface area contributed by atoms with Gasteiger partial charge in [0.25, 0.3) is 0 Å². The Morgan fingerprint density at radius 2 is 2.10 bits per heavy atom. The maximum absolute atomic E-state index is 11.9. The molecule has 4 nitrogen and oxygen atoms in total. The number of nitrogens with zero attached hydrogens (tertiary/aromatic N) is 1. The number of carbonyl (C=O) groups excluding carboxylic acids is 1. The molecule has 2 rings (SSSR count). The van der Waals surface area contributed by atoms with Crippen LogP contribution in [0.4, 0.5) is 0 Å². The van der Waals surface area contributed by atoms with Crippen LogP contribution in [0.5, 0.6) is 0 Å². The zero-order valence-corrected chi connectivity index (χ0v) is 12.2. The van der Waals surface area contributed by atoms with E-state index in [1.54, 1.807) is 11.8 Å². The van der Waals surface area contributed by atoms with Crippen LogP contribution in [0.25, 0.3) is 10.9 Å². The predicted octanol–water partition coefficient (Wildman–Crippen LogP) is 1.87. The van der Waals surface area contributed by atoms with Gasteiger partial charge in [0, 0.05) is 30.6 Å². The Morgan fingerprint density at radius 3 is 2.95 bits per heavy atom. The molecule has 0 aliphatic rings. The van der Waals surface area contributed by atoms with Gasteiger partial charge in [0.05, 0.1) is 0 Å². The molecule has 1 aromatic heterocycles. The third-order valence-electron chi connectivity index (χ3n) is 3.01. The normalized spacial score (nSPS) is 10.8. The van der Waals surface area contributed by atoms with Crippen molar-refractivity contribution in [2.45, 2.75) is 13.0 Å². The van der Waals surface area contributed by atoms with Crippen LogP contribution in [-0.4, -0.2) is 40.2 Å². The van der Waals surface area contributed by atoms with Crippen molar-refractivity contribution in [3.63, 3.8) is 0 Å². The summed E-state index contributed by atoms with van der Waals surface area (Å²) in [6.45, 7) is 1.27. The molecular formula is C15H20N2O2S. The summed E-state index contributed by atoms with van der Waals surface area (Å²) < 4.78 is 1.96. The molecule has 0 saturated carbocycles. The van der Waals surface area contributed by atoms with Crippen molar-refractivity contribution >= 4 is 28.6 Å². The monoisotopic (exact) mass is 292 g/mol. The zero-order valence-electron chi connectivity index (χ0n) is 11.4. The summed E-state index contributed by atoms with van der Waals surface area (Å²) in [6, 6.07) is 10.1. The molecular weight excluding hydrogens is 272 g/mol. The summed E-state index contributed by atoms with van der Waals surface area (Å²) in [5.41, 5.74) is 1.08. The molecule has 1 aromatic carbocycles. The minimum absolute atomic E-state index is 0.0362. The van der Waals surface area contributed by atoms with Gasteiger partial charge >= 0.3 is 0 Å². The highest BCUT2D eigenvalue weighted by Gasteiger charge is 2.05. The Kier molecular flexibility index (Phi) is 5.95. The molecule has 0 aliphatic heterocycles. The van der Waals surface area contributed by atoms with Gasteiger partial charge in [0.15, 0.2) is 0 Å². The van der Waals surface area contributed by atoms with Crippen LogP contribution >= 0.6 is 11.8 Å². The van der Waals surface area contributed by atoms with Gasteiger partial charge in [-0.2, -0.15) is 11.8 Å². The summed E-state index contributed by atoms with van der Waals surface area (Å²) in [5, 5.41) is 12.7. The van der Waals surface area contributed by atoms with Crippen molar-refractivity contribution in [1.29, 1.82) is 0 Å². The number of para-hydroxylation sites is 1. The standard InChI is InChI=1S/C15H20N2O2S/c18-9-3-10-20-11-7-16-15(19)12-17-8-6-13-4-1-2-5-14(13)17/h1-2,4-6,8,18H,3,7,9-12H2,(H,16,19). The fraction of sp³-hybridized carbons (Fsp3) is 0.400. The second-order valence-electron chi connectivity index (χ2n) is 4.54. The number of aromatic nitrogens is 1.